The molecular weight excluding hydrogens is 246 g/mol. The summed E-state index contributed by atoms with van der Waals surface area (Å²) in [6.45, 7) is 8.37. The molecule has 0 bridgehead atoms. The summed E-state index contributed by atoms with van der Waals surface area (Å²) in [6.07, 6.45) is 8.65. The first-order valence-electron chi connectivity index (χ1n) is 7.54. The second-order valence-electron chi connectivity index (χ2n) is 5.28. The van der Waals surface area contributed by atoms with Crippen molar-refractivity contribution in [2.24, 2.45) is 0 Å². The Bertz CT molecular complexity index is 525. The third-order valence-electron chi connectivity index (χ3n) is 3.65. The largest absolute Gasteiger partial charge is 0.348 e. The molecule has 0 spiro atoms. The second kappa shape index (κ2) is 7.25. The normalized spacial score (nSPS) is 12.6. The Kier molecular flexibility index (Phi) is 5.36. The van der Waals surface area contributed by atoms with Gasteiger partial charge >= 0.3 is 0 Å². The van der Waals surface area contributed by atoms with E-state index in [1.54, 1.807) is 0 Å². The molecule has 108 valence electrons. The van der Waals surface area contributed by atoms with Crippen LogP contribution in [-0.2, 0) is 6.54 Å². The SMILES string of the molecule is CCCC(NCC)c1ccn(Cc2ncccc2C)c1. The zero-order valence-electron chi connectivity index (χ0n) is 12.8. The summed E-state index contributed by atoms with van der Waals surface area (Å²) in [5.41, 5.74) is 3.77. The van der Waals surface area contributed by atoms with E-state index >= 15 is 0 Å². The first-order valence-corrected chi connectivity index (χ1v) is 7.54. The van der Waals surface area contributed by atoms with Gasteiger partial charge in [0.05, 0.1) is 12.2 Å². The number of nitrogens with zero attached hydrogens (tertiary/aromatic N) is 2. The number of hydrogen-bond donors (Lipinski definition) is 1. The number of aryl methyl sites for hydroxylation is 1. The molecule has 3 nitrogen and oxygen atoms in total. The molecule has 0 saturated heterocycles. The Balaban J connectivity index is 2.10. The van der Waals surface area contributed by atoms with Gasteiger partial charge in [0.2, 0.25) is 0 Å². The number of pyridine rings is 1. The van der Waals surface area contributed by atoms with Crippen LogP contribution in [-0.4, -0.2) is 16.1 Å². The van der Waals surface area contributed by atoms with Crippen LogP contribution in [0.15, 0.2) is 36.8 Å². The number of hydrogen-bond acceptors (Lipinski definition) is 2. The van der Waals surface area contributed by atoms with Gasteiger partial charge < -0.3 is 9.88 Å². The molecule has 1 N–H and O–H groups in total. The van der Waals surface area contributed by atoms with Gasteiger partial charge in [0.1, 0.15) is 0 Å². The third kappa shape index (κ3) is 3.70. The summed E-state index contributed by atoms with van der Waals surface area (Å²) < 4.78 is 2.23. The minimum Gasteiger partial charge on any atom is -0.348 e. The molecule has 2 aromatic heterocycles. The monoisotopic (exact) mass is 271 g/mol. The topological polar surface area (TPSA) is 29.9 Å². The maximum Gasteiger partial charge on any atom is 0.0645 e. The van der Waals surface area contributed by atoms with Crippen LogP contribution >= 0.6 is 0 Å². The van der Waals surface area contributed by atoms with E-state index in [1.165, 1.54) is 24.0 Å². The maximum atomic E-state index is 4.46. The quantitative estimate of drug-likeness (QED) is 0.832. The van der Waals surface area contributed by atoms with Crippen LogP contribution in [0.25, 0.3) is 0 Å². The van der Waals surface area contributed by atoms with Gasteiger partial charge in [0.15, 0.2) is 0 Å². The molecule has 0 fully saturated rings. The predicted molar refractivity (Wildman–Crippen MR) is 83.8 cm³/mol. The Labute approximate surface area is 122 Å². The van der Waals surface area contributed by atoms with Gasteiger partial charge in [-0.2, -0.15) is 0 Å². The lowest BCUT2D eigenvalue weighted by Gasteiger charge is -2.15. The maximum absolute atomic E-state index is 4.46. The first kappa shape index (κ1) is 14.8. The van der Waals surface area contributed by atoms with Gasteiger partial charge in [0.25, 0.3) is 0 Å². The fourth-order valence-corrected chi connectivity index (χ4v) is 2.54. The molecular formula is C17H25N3. The van der Waals surface area contributed by atoms with Crippen molar-refractivity contribution in [1.82, 2.24) is 14.9 Å². The van der Waals surface area contributed by atoms with E-state index in [2.05, 4.69) is 60.2 Å². The lowest BCUT2D eigenvalue weighted by molar-refractivity contribution is 0.508. The molecule has 3 heteroatoms. The highest BCUT2D eigenvalue weighted by molar-refractivity contribution is 5.20. The van der Waals surface area contributed by atoms with Gasteiger partial charge in [-0.15, -0.1) is 0 Å². The highest BCUT2D eigenvalue weighted by atomic mass is 15.0. The van der Waals surface area contributed by atoms with E-state index in [1.807, 2.05) is 12.3 Å². The highest BCUT2D eigenvalue weighted by Gasteiger charge is 2.10. The number of aromatic nitrogens is 2. The molecule has 0 amide bonds. The van der Waals surface area contributed by atoms with Crippen molar-refractivity contribution in [3.63, 3.8) is 0 Å². The minimum atomic E-state index is 0.469. The summed E-state index contributed by atoms with van der Waals surface area (Å²) in [5, 5.41) is 3.56. The molecule has 0 saturated carbocycles. The summed E-state index contributed by atoms with van der Waals surface area (Å²) in [5.74, 6) is 0. The molecule has 0 aromatic carbocycles. The lowest BCUT2D eigenvalue weighted by atomic mass is 10.1. The third-order valence-corrected chi connectivity index (χ3v) is 3.65. The van der Waals surface area contributed by atoms with Crippen LogP contribution in [0.2, 0.25) is 0 Å². The van der Waals surface area contributed by atoms with E-state index in [-0.39, 0.29) is 0 Å². The average Bonchev–Trinajstić information content (AvgIpc) is 2.90. The van der Waals surface area contributed by atoms with E-state index in [4.69, 9.17) is 0 Å². The number of nitrogens with one attached hydrogen (secondary N) is 1. The predicted octanol–water partition coefficient (Wildman–Crippen LogP) is 3.69. The van der Waals surface area contributed by atoms with Gasteiger partial charge in [-0.05, 0) is 43.1 Å². The molecule has 1 atom stereocenters. The van der Waals surface area contributed by atoms with Gasteiger partial charge in [-0.1, -0.05) is 26.3 Å². The van der Waals surface area contributed by atoms with E-state index < -0.39 is 0 Å². The van der Waals surface area contributed by atoms with Crippen LogP contribution < -0.4 is 5.32 Å². The standard InChI is InChI=1S/C17H25N3/c1-4-7-16(18-5-2)15-9-11-20(12-15)13-17-14(3)8-6-10-19-17/h6,8-12,16,18H,4-5,7,13H2,1-3H3. The summed E-state index contributed by atoms with van der Waals surface area (Å²) >= 11 is 0. The fraction of sp³-hybridized carbons (Fsp3) is 0.471. The zero-order valence-corrected chi connectivity index (χ0v) is 12.8. The van der Waals surface area contributed by atoms with Crippen molar-refractivity contribution in [3.8, 4) is 0 Å². The molecule has 20 heavy (non-hydrogen) atoms. The smallest absolute Gasteiger partial charge is 0.0645 e. The Hall–Kier alpha value is -1.61. The summed E-state index contributed by atoms with van der Waals surface area (Å²) in [6, 6.07) is 6.80. The molecule has 0 aliphatic rings. The minimum absolute atomic E-state index is 0.469. The van der Waals surface area contributed by atoms with Gasteiger partial charge in [-0.25, -0.2) is 0 Å². The summed E-state index contributed by atoms with van der Waals surface area (Å²) in [4.78, 5) is 4.46. The molecule has 0 aliphatic heterocycles. The molecule has 2 rings (SSSR count). The molecule has 0 aliphatic carbocycles. The average molecular weight is 271 g/mol. The van der Waals surface area contributed by atoms with Gasteiger partial charge in [0, 0.05) is 24.6 Å². The van der Waals surface area contributed by atoms with E-state index in [0.29, 0.717) is 6.04 Å². The fourth-order valence-electron chi connectivity index (χ4n) is 2.54. The van der Waals surface area contributed by atoms with Crippen molar-refractivity contribution in [2.45, 2.75) is 46.2 Å². The van der Waals surface area contributed by atoms with Crippen LogP contribution in [0.5, 0.6) is 0 Å². The zero-order chi connectivity index (χ0) is 14.4. The lowest BCUT2D eigenvalue weighted by Crippen LogP contribution is -2.20. The van der Waals surface area contributed by atoms with Crippen LogP contribution in [0, 0.1) is 6.92 Å². The first-order chi connectivity index (χ1) is 9.74. The van der Waals surface area contributed by atoms with Crippen molar-refractivity contribution in [2.75, 3.05) is 6.54 Å². The van der Waals surface area contributed by atoms with Crippen molar-refractivity contribution in [1.29, 1.82) is 0 Å². The Morgan fingerprint density at radius 1 is 1.30 bits per heavy atom. The van der Waals surface area contributed by atoms with Gasteiger partial charge in [-0.3, -0.25) is 4.98 Å². The van der Waals surface area contributed by atoms with Crippen LogP contribution in [0.4, 0.5) is 0 Å². The molecule has 0 radical (unpaired) electrons. The van der Waals surface area contributed by atoms with E-state index in [9.17, 15) is 0 Å². The Morgan fingerprint density at radius 2 is 2.15 bits per heavy atom. The summed E-state index contributed by atoms with van der Waals surface area (Å²) in [7, 11) is 0. The molecule has 1 unspecified atom stereocenters. The second-order valence-corrected chi connectivity index (χ2v) is 5.28. The number of rotatable bonds is 7. The highest BCUT2D eigenvalue weighted by Crippen LogP contribution is 2.19. The van der Waals surface area contributed by atoms with Crippen LogP contribution in [0.3, 0.4) is 0 Å². The molecule has 2 heterocycles. The Morgan fingerprint density at radius 3 is 2.85 bits per heavy atom. The van der Waals surface area contributed by atoms with Crippen molar-refractivity contribution < 1.29 is 0 Å². The van der Waals surface area contributed by atoms with E-state index in [0.717, 1.165) is 18.8 Å². The van der Waals surface area contributed by atoms with Crippen LogP contribution in [0.1, 0.15) is 49.6 Å². The van der Waals surface area contributed by atoms with Crippen molar-refractivity contribution in [3.05, 3.63) is 53.6 Å². The molecule has 2 aromatic rings. The van der Waals surface area contributed by atoms with Crippen molar-refractivity contribution >= 4 is 0 Å².